The number of carboxylic acid groups (broad SMARTS) is 1. The first-order valence-corrected chi connectivity index (χ1v) is 10.9. The van der Waals surface area contributed by atoms with Crippen LogP contribution in [0.15, 0.2) is 35.5 Å². The predicted octanol–water partition coefficient (Wildman–Crippen LogP) is 1.72. The maximum absolute atomic E-state index is 13.1. The molecule has 0 unspecified atom stereocenters. The lowest BCUT2D eigenvalue weighted by molar-refractivity contribution is -0.151. The molecule has 3 atom stereocenters. The normalized spacial score (nSPS) is 21.2. The van der Waals surface area contributed by atoms with E-state index in [1.807, 2.05) is 0 Å². The van der Waals surface area contributed by atoms with Crippen LogP contribution < -0.4 is 10.6 Å². The molecule has 11 heteroatoms. The van der Waals surface area contributed by atoms with Crippen molar-refractivity contribution >= 4 is 35.6 Å². The van der Waals surface area contributed by atoms with Crippen LogP contribution in [0.25, 0.3) is 0 Å². The number of ether oxygens (including phenoxy) is 1. The van der Waals surface area contributed by atoms with Crippen molar-refractivity contribution in [2.45, 2.75) is 50.8 Å². The maximum atomic E-state index is 13.1. The van der Waals surface area contributed by atoms with Gasteiger partial charge in [0.1, 0.15) is 34.5 Å². The minimum absolute atomic E-state index is 0.0167. The van der Waals surface area contributed by atoms with Crippen molar-refractivity contribution in [3.63, 3.8) is 0 Å². The number of benzene rings is 1. The fourth-order valence-electron chi connectivity index (χ4n) is 3.40. The number of rotatable bonds is 5. The van der Waals surface area contributed by atoms with Crippen LogP contribution in [0.1, 0.15) is 39.3 Å². The average Bonchev–Trinajstić information content (AvgIpc) is 2.69. The minimum Gasteiger partial charge on any atom is -0.508 e. The Balaban J connectivity index is 1.79. The van der Waals surface area contributed by atoms with Crippen LogP contribution >= 0.6 is 11.8 Å². The van der Waals surface area contributed by atoms with E-state index in [2.05, 4.69) is 10.6 Å². The van der Waals surface area contributed by atoms with Gasteiger partial charge in [0.2, 0.25) is 5.91 Å². The van der Waals surface area contributed by atoms with Crippen LogP contribution in [0.4, 0.5) is 4.79 Å². The maximum Gasteiger partial charge on any atom is 0.408 e. The molecular weight excluding hydrogens is 438 g/mol. The topological polar surface area (TPSA) is 145 Å². The van der Waals surface area contributed by atoms with Crippen molar-refractivity contribution in [2.75, 3.05) is 5.75 Å². The van der Waals surface area contributed by atoms with Gasteiger partial charge in [0.05, 0.1) is 0 Å². The molecule has 10 nitrogen and oxygen atoms in total. The molecule has 1 saturated heterocycles. The second kappa shape index (κ2) is 8.73. The monoisotopic (exact) mass is 463 g/mol. The van der Waals surface area contributed by atoms with E-state index in [0.717, 1.165) is 0 Å². The molecule has 0 bridgehead atoms. The molecule has 0 aromatic heterocycles. The second-order valence-corrected chi connectivity index (χ2v) is 9.61. The predicted molar refractivity (Wildman–Crippen MR) is 116 cm³/mol. The van der Waals surface area contributed by atoms with Gasteiger partial charge in [-0.05, 0) is 51.0 Å². The zero-order valence-electron chi connectivity index (χ0n) is 18.0. The van der Waals surface area contributed by atoms with E-state index in [9.17, 15) is 29.4 Å². The molecule has 1 aromatic carbocycles. The Kier molecular flexibility index (Phi) is 6.40. The first-order valence-electron chi connectivity index (χ1n) is 9.85. The van der Waals surface area contributed by atoms with Gasteiger partial charge in [-0.3, -0.25) is 14.5 Å². The number of phenolic OH excluding ortho intramolecular Hbond substituents is 1. The van der Waals surface area contributed by atoms with Gasteiger partial charge in [-0.25, -0.2) is 9.59 Å². The lowest BCUT2D eigenvalue weighted by Gasteiger charge is -2.49. The zero-order chi connectivity index (χ0) is 23.8. The van der Waals surface area contributed by atoms with Crippen molar-refractivity contribution in [2.24, 2.45) is 0 Å². The lowest BCUT2D eigenvalue weighted by Crippen LogP contribution is -2.71. The van der Waals surface area contributed by atoms with Gasteiger partial charge < -0.3 is 25.6 Å². The number of fused-ring (bicyclic) bond motifs is 1. The number of alkyl carbamates (subject to hydrolysis) is 1. The van der Waals surface area contributed by atoms with E-state index in [-0.39, 0.29) is 11.4 Å². The molecule has 1 fully saturated rings. The third-order valence-corrected chi connectivity index (χ3v) is 6.23. The fraction of sp³-hybridized carbons (Fsp3) is 0.429. The number of nitrogens with one attached hydrogen (secondary N) is 2. The zero-order valence-corrected chi connectivity index (χ0v) is 18.9. The molecule has 172 valence electrons. The lowest BCUT2D eigenvalue weighted by atomic mass is 10.0. The molecule has 2 heterocycles. The Morgan fingerprint density at radius 1 is 1.22 bits per heavy atom. The highest BCUT2D eigenvalue weighted by molar-refractivity contribution is 8.00. The summed E-state index contributed by atoms with van der Waals surface area (Å²) in [6, 6.07) is 3.54. The van der Waals surface area contributed by atoms with Crippen molar-refractivity contribution in [3.8, 4) is 5.75 Å². The number of aliphatic carboxylic acids is 1. The Morgan fingerprint density at radius 3 is 2.41 bits per heavy atom. The SMILES string of the molecule is CC1=C(C(=O)O)N2C(=O)[C@@H](NC(=O)[C@H](NC(=O)OC(C)(C)C)c3ccc(O)cc3)[C@H]2SC1. The molecule has 1 aromatic rings. The van der Waals surface area contributed by atoms with Gasteiger partial charge in [0, 0.05) is 5.75 Å². The van der Waals surface area contributed by atoms with E-state index in [4.69, 9.17) is 4.74 Å². The van der Waals surface area contributed by atoms with Crippen LogP contribution in [0, 0.1) is 0 Å². The number of carbonyl (C=O) groups excluding carboxylic acids is 3. The van der Waals surface area contributed by atoms with E-state index in [1.165, 1.54) is 40.9 Å². The smallest absolute Gasteiger partial charge is 0.408 e. The third kappa shape index (κ3) is 4.82. The van der Waals surface area contributed by atoms with Gasteiger partial charge in [-0.15, -0.1) is 11.8 Å². The highest BCUT2D eigenvalue weighted by Gasteiger charge is 2.54. The summed E-state index contributed by atoms with van der Waals surface area (Å²) >= 11 is 1.35. The number of hydrogen-bond acceptors (Lipinski definition) is 7. The number of thioether (sulfide) groups is 1. The summed E-state index contributed by atoms with van der Waals surface area (Å²) in [6.07, 6.45) is -0.828. The number of aromatic hydroxyl groups is 1. The van der Waals surface area contributed by atoms with E-state index >= 15 is 0 Å². The van der Waals surface area contributed by atoms with Crippen LogP contribution in [0.2, 0.25) is 0 Å². The number of hydrogen-bond donors (Lipinski definition) is 4. The molecule has 3 rings (SSSR count). The third-order valence-electron chi connectivity index (χ3n) is 4.81. The quantitative estimate of drug-likeness (QED) is 0.483. The van der Waals surface area contributed by atoms with Crippen molar-refractivity contribution in [1.82, 2.24) is 15.5 Å². The summed E-state index contributed by atoms with van der Waals surface area (Å²) < 4.78 is 5.24. The van der Waals surface area contributed by atoms with Crippen molar-refractivity contribution in [3.05, 3.63) is 41.1 Å². The Bertz CT molecular complexity index is 984. The Labute approximate surface area is 189 Å². The minimum atomic E-state index is -1.20. The summed E-state index contributed by atoms with van der Waals surface area (Å²) in [4.78, 5) is 50.8. The van der Waals surface area contributed by atoms with Gasteiger partial charge in [0.15, 0.2) is 0 Å². The van der Waals surface area contributed by atoms with Crippen molar-refractivity contribution < 1.29 is 34.1 Å². The molecule has 0 saturated carbocycles. The number of β-lactam (4-membered cyclic amide) rings is 1. The average molecular weight is 464 g/mol. The summed E-state index contributed by atoms with van der Waals surface area (Å²) in [6.45, 7) is 6.69. The van der Waals surface area contributed by atoms with E-state index in [1.54, 1.807) is 27.7 Å². The molecule has 0 radical (unpaired) electrons. The highest BCUT2D eigenvalue weighted by atomic mass is 32.2. The van der Waals surface area contributed by atoms with Gasteiger partial charge in [-0.2, -0.15) is 0 Å². The largest absolute Gasteiger partial charge is 0.508 e. The van der Waals surface area contributed by atoms with Crippen LogP contribution in [-0.2, 0) is 19.1 Å². The van der Waals surface area contributed by atoms with E-state index in [0.29, 0.717) is 16.9 Å². The summed E-state index contributed by atoms with van der Waals surface area (Å²) in [7, 11) is 0. The number of carboxylic acids is 1. The van der Waals surface area contributed by atoms with Crippen LogP contribution in [-0.4, -0.2) is 61.8 Å². The molecule has 2 aliphatic heterocycles. The summed E-state index contributed by atoms with van der Waals surface area (Å²) in [5.41, 5.74) is 0.0884. The number of phenols is 1. The molecular formula is C21H25N3O7S. The number of carbonyl (C=O) groups is 4. The molecule has 3 amide bonds. The summed E-state index contributed by atoms with van der Waals surface area (Å²) in [5.74, 6) is -1.99. The van der Waals surface area contributed by atoms with Crippen LogP contribution in [0.5, 0.6) is 5.75 Å². The van der Waals surface area contributed by atoms with Crippen LogP contribution in [0.3, 0.4) is 0 Å². The molecule has 2 aliphatic rings. The van der Waals surface area contributed by atoms with Gasteiger partial charge >= 0.3 is 12.1 Å². The van der Waals surface area contributed by atoms with Gasteiger partial charge in [0.25, 0.3) is 5.91 Å². The first kappa shape index (κ1) is 23.5. The first-order chi connectivity index (χ1) is 14.9. The van der Waals surface area contributed by atoms with Gasteiger partial charge in [-0.1, -0.05) is 12.1 Å². The fourth-order valence-corrected chi connectivity index (χ4v) is 4.70. The highest BCUT2D eigenvalue weighted by Crippen LogP contribution is 2.40. The van der Waals surface area contributed by atoms with E-state index < -0.39 is 46.9 Å². The standard InChI is InChI=1S/C21H25N3O7S/c1-10-9-32-18-14(17(27)24(18)15(10)19(28)29)22-16(26)13(11-5-7-12(25)8-6-11)23-20(30)31-21(2,3)4/h5-8,13-14,18,25H,9H2,1-4H3,(H,22,26)(H,23,30)(H,28,29)/t13-,14-,18-/m1/s1. The molecule has 0 spiro atoms. The Morgan fingerprint density at radius 2 is 1.84 bits per heavy atom. The molecule has 0 aliphatic carbocycles. The second-order valence-electron chi connectivity index (χ2n) is 8.50. The van der Waals surface area contributed by atoms with Crippen molar-refractivity contribution in [1.29, 1.82) is 0 Å². The Hall–Kier alpha value is -3.21. The molecule has 32 heavy (non-hydrogen) atoms. The number of amides is 3. The number of nitrogens with zero attached hydrogens (tertiary/aromatic N) is 1. The molecule has 4 N–H and O–H groups in total. The summed E-state index contributed by atoms with van der Waals surface area (Å²) in [5, 5.41) is 23.5.